The van der Waals surface area contributed by atoms with Gasteiger partial charge in [0.15, 0.2) is 0 Å². The maximum atomic E-state index is 6.10. The molecular formula is C13H17Cl2NO. The highest BCUT2D eigenvalue weighted by atomic mass is 35.5. The van der Waals surface area contributed by atoms with Crippen LogP contribution in [0.2, 0.25) is 5.02 Å². The van der Waals surface area contributed by atoms with Crippen LogP contribution >= 0.6 is 23.2 Å². The molecule has 0 aliphatic carbocycles. The lowest BCUT2D eigenvalue weighted by Gasteiger charge is -2.15. The lowest BCUT2D eigenvalue weighted by molar-refractivity contribution is 0.354. The minimum absolute atomic E-state index is 0.106. The zero-order valence-electron chi connectivity index (χ0n) is 9.88. The minimum atomic E-state index is 0.106. The number of ether oxygens (including phenoxy) is 1. The molecule has 1 aromatic rings. The number of rotatable bonds is 6. The van der Waals surface area contributed by atoms with Crippen LogP contribution in [-0.4, -0.2) is 12.6 Å². The monoisotopic (exact) mass is 273 g/mol. The molecule has 0 radical (unpaired) electrons. The van der Waals surface area contributed by atoms with Crippen molar-refractivity contribution in [1.29, 1.82) is 0 Å². The molecule has 4 heteroatoms. The molecule has 0 fully saturated rings. The Morgan fingerprint density at radius 2 is 2.24 bits per heavy atom. The Bertz CT molecular complexity index is 393. The SMILES string of the molecule is C=C(Cl)COc1c(Cl)cccc1CC(N)CC. The van der Waals surface area contributed by atoms with Crippen LogP contribution in [-0.2, 0) is 6.42 Å². The predicted octanol–water partition coefficient (Wildman–Crippen LogP) is 3.75. The zero-order chi connectivity index (χ0) is 12.8. The highest BCUT2D eigenvalue weighted by Crippen LogP contribution is 2.30. The fourth-order valence-electron chi connectivity index (χ4n) is 1.45. The van der Waals surface area contributed by atoms with Gasteiger partial charge in [-0.05, 0) is 24.5 Å². The van der Waals surface area contributed by atoms with Crippen LogP contribution in [0.1, 0.15) is 18.9 Å². The van der Waals surface area contributed by atoms with Gasteiger partial charge in [0.05, 0.1) is 5.02 Å². The molecule has 2 N–H and O–H groups in total. The Balaban J connectivity index is 2.87. The summed E-state index contributed by atoms with van der Waals surface area (Å²) in [5.74, 6) is 0.653. The minimum Gasteiger partial charge on any atom is -0.486 e. The Kier molecular flexibility index (Phi) is 5.83. The van der Waals surface area contributed by atoms with Gasteiger partial charge in [-0.1, -0.05) is 48.8 Å². The molecule has 94 valence electrons. The molecule has 0 spiro atoms. The number of halogens is 2. The highest BCUT2D eigenvalue weighted by Gasteiger charge is 2.11. The van der Waals surface area contributed by atoms with Gasteiger partial charge in [-0.3, -0.25) is 0 Å². The molecule has 0 saturated heterocycles. The van der Waals surface area contributed by atoms with Gasteiger partial charge in [0.25, 0.3) is 0 Å². The van der Waals surface area contributed by atoms with Crippen LogP contribution in [0.3, 0.4) is 0 Å². The molecule has 0 aliphatic heterocycles. The van der Waals surface area contributed by atoms with Crippen LogP contribution in [0.15, 0.2) is 29.8 Å². The average molecular weight is 274 g/mol. The number of nitrogens with two attached hydrogens (primary N) is 1. The Morgan fingerprint density at radius 3 is 2.82 bits per heavy atom. The first-order valence-corrected chi connectivity index (χ1v) is 6.29. The maximum Gasteiger partial charge on any atom is 0.141 e. The third-order valence-electron chi connectivity index (χ3n) is 2.43. The fourth-order valence-corrected chi connectivity index (χ4v) is 1.76. The second-order valence-corrected chi connectivity index (χ2v) is 4.85. The molecule has 0 heterocycles. The summed E-state index contributed by atoms with van der Waals surface area (Å²) >= 11 is 11.8. The highest BCUT2D eigenvalue weighted by molar-refractivity contribution is 6.32. The van der Waals surface area contributed by atoms with Gasteiger partial charge in [-0.2, -0.15) is 0 Å². The largest absolute Gasteiger partial charge is 0.486 e. The number of hydrogen-bond donors (Lipinski definition) is 1. The quantitative estimate of drug-likeness (QED) is 0.857. The van der Waals surface area contributed by atoms with Crippen molar-refractivity contribution >= 4 is 23.2 Å². The van der Waals surface area contributed by atoms with E-state index < -0.39 is 0 Å². The molecule has 1 atom stereocenters. The van der Waals surface area contributed by atoms with E-state index in [0.717, 1.165) is 18.4 Å². The van der Waals surface area contributed by atoms with Crippen molar-refractivity contribution < 1.29 is 4.74 Å². The molecule has 0 amide bonds. The lowest BCUT2D eigenvalue weighted by Crippen LogP contribution is -2.21. The van der Waals surface area contributed by atoms with Crippen molar-refractivity contribution in [3.63, 3.8) is 0 Å². The molecule has 0 aromatic heterocycles. The second kappa shape index (κ2) is 6.90. The van der Waals surface area contributed by atoms with Crippen molar-refractivity contribution in [3.05, 3.63) is 40.4 Å². The van der Waals surface area contributed by atoms with Crippen LogP contribution in [0.5, 0.6) is 5.75 Å². The molecular weight excluding hydrogens is 257 g/mol. The van der Waals surface area contributed by atoms with Gasteiger partial charge in [0, 0.05) is 11.1 Å². The summed E-state index contributed by atoms with van der Waals surface area (Å²) in [6, 6.07) is 5.75. The zero-order valence-corrected chi connectivity index (χ0v) is 11.4. The molecule has 0 bridgehead atoms. The Hall–Kier alpha value is -0.700. The summed E-state index contributed by atoms with van der Waals surface area (Å²) in [4.78, 5) is 0. The first-order valence-electron chi connectivity index (χ1n) is 5.53. The molecule has 0 aliphatic rings. The standard InChI is InChI=1S/C13H17Cl2NO/c1-3-11(16)7-10-5-4-6-12(15)13(10)17-8-9(2)14/h4-6,11H,2-3,7-8,16H2,1H3. The van der Waals surface area contributed by atoms with Gasteiger partial charge < -0.3 is 10.5 Å². The van der Waals surface area contributed by atoms with E-state index >= 15 is 0 Å². The van der Waals surface area contributed by atoms with Gasteiger partial charge in [0.2, 0.25) is 0 Å². The summed E-state index contributed by atoms with van der Waals surface area (Å²) in [5, 5.41) is 1.01. The summed E-state index contributed by atoms with van der Waals surface area (Å²) < 4.78 is 5.56. The maximum absolute atomic E-state index is 6.10. The van der Waals surface area contributed by atoms with Crippen molar-refractivity contribution in [1.82, 2.24) is 0 Å². The van der Waals surface area contributed by atoms with Gasteiger partial charge in [-0.15, -0.1) is 0 Å². The Morgan fingerprint density at radius 1 is 1.53 bits per heavy atom. The number of hydrogen-bond acceptors (Lipinski definition) is 2. The topological polar surface area (TPSA) is 35.2 Å². The van der Waals surface area contributed by atoms with Gasteiger partial charge in [-0.25, -0.2) is 0 Å². The summed E-state index contributed by atoms with van der Waals surface area (Å²) in [6.45, 7) is 5.88. The third kappa shape index (κ3) is 4.58. The van der Waals surface area contributed by atoms with E-state index in [1.165, 1.54) is 0 Å². The summed E-state index contributed by atoms with van der Waals surface area (Å²) in [6.07, 6.45) is 1.65. The molecule has 1 aromatic carbocycles. The molecule has 1 unspecified atom stereocenters. The smallest absolute Gasteiger partial charge is 0.141 e. The fraction of sp³-hybridized carbons (Fsp3) is 0.385. The van der Waals surface area contributed by atoms with Crippen LogP contribution in [0.4, 0.5) is 0 Å². The molecule has 0 saturated carbocycles. The predicted molar refractivity (Wildman–Crippen MR) is 73.9 cm³/mol. The Labute approximate surface area is 112 Å². The van der Waals surface area contributed by atoms with Crippen LogP contribution in [0, 0.1) is 0 Å². The normalized spacial score (nSPS) is 12.2. The molecule has 1 rings (SSSR count). The van der Waals surface area contributed by atoms with Crippen molar-refractivity contribution in [2.75, 3.05) is 6.61 Å². The summed E-state index contributed by atoms with van der Waals surface area (Å²) in [7, 11) is 0. The van der Waals surface area contributed by atoms with E-state index in [1.807, 2.05) is 12.1 Å². The number of benzene rings is 1. The van der Waals surface area contributed by atoms with Gasteiger partial charge in [0.1, 0.15) is 12.4 Å². The third-order valence-corrected chi connectivity index (χ3v) is 2.83. The van der Waals surface area contributed by atoms with E-state index in [9.17, 15) is 0 Å². The average Bonchev–Trinajstić information content (AvgIpc) is 2.27. The van der Waals surface area contributed by atoms with E-state index in [0.29, 0.717) is 15.8 Å². The van der Waals surface area contributed by atoms with E-state index in [1.54, 1.807) is 6.07 Å². The van der Waals surface area contributed by atoms with Gasteiger partial charge >= 0.3 is 0 Å². The molecule has 17 heavy (non-hydrogen) atoms. The number of para-hydroxylation sites is 1. The summed E-state index contributed by atoms with van der Waals surface area (Å²) in [5.41, 5.74) is 6.94. The second-order valence-electron chi connectivity index (χ2n) is 3.91. The lowest BCUT2D eigenvalue weighted by atomic mass is 10.0. The van der Waals surface area contributed by atoms with E-state index in [4.69, 9.17) is 33.7 Å². The van der Waals surface area contributed by atoms with Crippen LogP contribution < -0.4 is 10.5 Å². The van der Waals surface area contributed by atoms with Crippen molar-refractivity contribution in [2.24, 2.45) is 5.73 Å². The first kappa shape index (κ1) is 14.4. The molecule has 2 nitrogen and oxygen atoms in total. The first-order chi connectivity index (χ1) is 8.04. The van der Waals surface area contributed by atoms with Crippen molar-refractivity contribution in [3.8, 4) is 5.75 Å². The van der Waals surface area contributed by atoms with Crippen molar-refractivity contribution in [2.45, 2.75) is 25.8 Å². The van der Waals surface area contributed by atoms with E-state index in [-0.39, 0.29) is 12.6 Å². The van der Waals surface area contributed by atoms with E-state index in [2.05, 4.69) is 13.5 Å². The van der Waals surface area contributed by atoms with Crippen LogP contribution in [0.25, 0.3) is 0 Å².